The molecule has 0 radical (unpaired) electrons. The lowest BCUT2D eigenvalue weighted by Gasteiger charge is -1.91. The molecule has 0 spiro atoms. The summed E-state index contributed by atoms with van der Waals surface area (Å²) >= 11 is 1.26. The van der Waals surface area contributed by atoms with Gasteiger partial charge in [0.05, 0.1) is 5.52 Å². The van der Waals surface area contributed by atoms with E-state index in [0.29, 0.717) is 22.2 Å². The monoisotopic (exact) mass is 252 g/mol. The molecule has 1 aromatic carbocycles. The highest BCUT2D eigenvalue weighted by Crippen LogP contribution is 2.25. The van der Waals surface area contributed by atoms with E-state index in [4.69, 9.17) is 5.73 Å². The van der Waals surface area contributed by atoms with Gasteiger partial charge in [-0.3, -0.25) is 0 Å². The molecule has 0 fully saturated rings. The molecule has 4 nitrogen and oxygen atoms in total. The van der Waals surface area contributed by atoms with Crippen LogP contribution in [0.1, 0.15) is 0 Å². The van der Waals surface area contributed by atoms with Gasteiger partial charge in [-0.15, -0.1) is 11.3 Å². The second-order valence-corrected chi connectivity index (χ2v) is 4.30. The number of nitrogen functional groups attached to an aromatic ring is 1. The minimum absolute atomic E-state index is 0.0356. The molecule has 0 atom stereocenters. The average molecular weight is 252 g/mol. The van der Waals surface area contributed by atoms with Gasteiger partial charge in [0.2, 0.25) is 0 Å². The Hall–Kier alpha value is -2.02. The number of nitrogens with two attached hydrogens (primary N) is 1. The standard InChI is InChI=1S/C10H6F2N4S/c11-4-1-2-5-8(7(4)12)16-9(14-5)6-3-17-10(13)15-6/h1-3H,(H2,13,15)(H,14,16). The second-order valence-electron chi connectivity index (χ2n) is 3.41. The summed E-state index contributed by atoms with van der Waals surface area (Å²) in [5.41, 5.74) is 6.40. The molecule has 0 aliphatic heterocycles. The van der Waals surface area contributed by atoms with E-state index in [1.807, 2.05) is 0 Å². The summed E-state index contributed by atoms with van der Waals surface area (Å²) in [7, 11) is 0. The molecule has 17 heavy (non-hydrogen) atoms. The summed E-state index contributed by atoms with van der Waals surface area (Å²) in [5.74, 6) is -1.51. The number of hydrogen-bond acceptors (Lipinski definition) is 4. The summed E-state index contributed by atoms with van der Waals surface area (Å²) in [6, 6.07) is 2.48. The van der Waals surface area contributed by atoms with Crippen molar-refractivity contribution in [2.24, 2.45) is 0 Å². The number of nitrogens with one attached hydrogen (secondary N) is 1. The van der Waals surface area contributed by atoms with Gasteiger partial charge in [-0.05, 0) is 12.1 Å². The zero-order valence-electron chi connectivity index (χ0n) is 8.37. The molecule has 3 aromatic rings. The largest absolute Gasteiger partial charge is 0.375 e. The molecule has 86 valence electrons. The van der Waals surface area contributed by atoms with E-state index in [2.05, 4.69) is 15.0 Å². The van der Waals surface area contributed by atoms with Crippen LogP contribution in [-0.2, 0) is 0 Å². The van der Waals surface area contributed by atoms with E-state index in [1.54, 1.807) is 5.38 Å². The van der Waals surface area contributed by atoms with Gasteiger partial charge in [0, 0.05) is 5.38 Å². The lowest BCUT2D eigenvalue weighted by atomic mass is 10.3. The van der Waals surface area contributed by atoms with Crippen molar-refractivity contribution in [2.45, 2.75) is 0 Å². The van der Waals surface area contributed by atoms with Crippen LogP contribution in [0.2, 0.25) is 0 Å². The predicted molar refractivity (Wildman–Crippen MR) is 61.5 cm³/mol. The summed E-state index contributed by atoms with van der Waals surface area (Å²) in [5, 5.41) is 2.09. The molecule has 0 saturated heterocycles. The van der Waals surface area contributed by atoms with Crippen molar-refractivity contribution in [3.8, 4) is 11.5 Å². The highest BCUT2D eigenvalue weighted by Gasteiger charge is 2.14. The molecule has 0 amide bonds. The molecule has 0 unspecified atom stereocenters. The smallest absolute Gasteiger partial charge is 0.186 e. The number of rotatable bonds is 1. The highest BCUT2D eigenvalue weighted by molar-refractivity contribution is 7.13. The minimum atomic E-state index is -0.965. The average Bonchev–Trinajstić information content (AvgIpc) is 2.90. The fourth-order valence-electron chi connectivity index (χ4n) is 1.54. The Kier molecular flexibility index (Phi) is 2.08. The summed E-state index contributed by atoms with van der Waals surface area (Å²) in [6.07, 6.45) is 0. The lowest BCUT2D eigenvalue weighted by molar-refractivity contribution is 0.515. The Balaban J connectivity index is 2.23. The third-order valence-corrected chi connectivity index (χ3v) is 2.98. The van der Waals surface area contributed by atoms with Crippen molar-refractivity contribution in [3.63, 3.8) is 0 Å². The topological polar surface area (TPSA) is 67.6 Å². The van der Waals surface area contributed by atoms with Gasteiger partial charge in [-0.25, -0.2) is 18.7 Å². The number of aromatic nitrogens is 3. The number of thiazole rings is 1. The van der Waals surface area contributed by atoms with E-state index in [-0.39, 0.29) is 5.52 Å². The van der Waals surface area contributed by atoms with Crippen LogP contribution in [0.3, 0.4) is 0 Å². The van der Waals surface area contributed by atoms with Crippen molar-refractivity contribution in [3.05, 3.63) is 29.1 Å². The zero-order chi connectivity index (χ0) is 12.0. The molecule has 2 heterocycles. The third-order valence-electron chi connectivity index (χ3n) is 2.31. The van der Waals surface area contributed by atoms with Gasteiger partial charge < -0.3 is 10.7 Å². The van der Waals surface area contributed by atoms with Crippen LogP contribution in [0, 0.1) is 11.6 Å². The maximum Gasteiger partial charge on any atom is 0.186 e. The first-order chi connectivity index (χ1) is 8.15. The zero-order valence-corrected chi connectivity index (χ0v) is 9.18. The third kappa shape index (κ3) is 1.55. The number of fused-ring (bicyclic) bond motifs is 1. The van der Waals surface area contributed by atoms with E-state index < -0.39 is 11.6 Å². The van der Waals surface area contributed by atoms with Gasteiger partial charge in [0.15, 0.2) is 22.6 Å². The maximum absolute atomic E-state index is 13.4. The Morgan fingerprint density at radius 1 is 1.24 bits per heavy atom. The predicted octanol–water partition coefficient (Wildman–Crippen LogP) is 2.55. The van der Waals surface area contributed by atoms with Crippen molar-refractivity contribution in [1.82, 2.24) is 15.0 Å². The van der Waals surface area contributed by atoms with E-state index in [9.17, 15) is 8.78 Å². The van der Waals surface area contributed by atoms with Crippen molar-refractivity contribution < 1.29 is 8.78 Å². The number of nitrogens with zero attached hydrogens (tertiary/aromatic N) is 2. The molecule has 3 rings (SSSR count). The first-order valence-corrected chi connectivity index (χ1v) is 5.58. The number of benzene rings is 1. The van der Waals surface area contributed by atoms with Crippen LogP contribution in [0.4, 0.5) is 13.9 Å². The maximum atomic E-state index is 13.4. The number of H-pyrrole nitrogens is 1. The van der Waals surface area contributed by atoms with Crippen LogP contribution >= 0.6 is 11.3 Å². The van der Waals surface area contributed by atoms with Crippen molar-refractivity contribution >= 4 is 27.5 Å². The molecule has 0 saturated carbocycles. The number of aromatic amines is 1. The summed E-state index contributed by atoms with van der Waals surface area (Å²) in [6.45, 7) is 0. The summed E-state index contributed by atoms with van der Waals surface area (Å²) < 4.78 is 26.4. The van der Waals surface area contributed by atoms with Gasteiger partial charge >= 0.3 is 0 Å². The number of imidazole rings is 1. The SMILES string of the molecule is Nc1nc(-c2nc3c(F)c(F)ccc3[nH]2)cs1. The molecule has 7 heteroatoms. The van der Waals surface area contributed by atoms with Gasteiger partial charge in [0.25, 0.3) is 0 Å². The second kappa shape index (κ2) is 3.49. The van der Waals surface area contributed by atoms with Gasteiger partial charge in [0.1, 0.15) is 11.2 Å². The van der Waals surface area contributed by atoms with Crippen LogP contribution < -0.4 is 5.73 Å². The Labute approximate surface area is 98.1 Å². The molecular formula is C10H6F2N4S. The number of anilines is 1. The first kappa shape index (κ1) is 10.2. The quantitative estimate of drug-likeness (QED) is 0.699. The number of hydrogen-bond donors (Lipinski definition) is 2. The summed E-state index contributed by atoms with van der Waals surface area (Å²) in [4.78, 5) is 10.9. The Morgan fingerprint density at radius 2 is 2.06 bits per heavy atom. The van der Waals surface area contributed by atoms with Crippen LogP contribution in [0.25, 0.3) is 22.6 Å². The van der Waals surface area contributed by atoms with E-state index >= 15 is 0 Å². The molecule has 2 aromatic heterocycles. The van der Waals surface area contributed by atoms with E-state index in [0.717, 1.165) is 6.07 Å². The molecule has 0 aliphatic carbocycles. The highest BCUT2D eigenvalue weighted by atomic mass is 32.1. The lowest BCUT2D eigenvalue weighted by Crippen LogP contribution is -1.85. The van der Waals surface area contributed by atoms with Gasteiger partial charge in [-0.1, -0.05) is 0 Å². The Bertz CT molecular complexity index is 703. The normalized spacial score (nSPS) is 11.2. The van der Waals surface area contributed by atoms with Crippen molar-refractivity contribution in [1.29, 1.82) is 0 Å². The minimum Gasteiger partial charge on any atom is -0.375 e. The fraction of sp³-hybridized carbons (Fsp3) is 0. The van der Waals surface area contributed by atoms with Gasteiger partial charge in [-0.2, -0.15) is 0 Å². The molecule has 3 N–H and O–H groups in total. The molecule has 0 aliphatic rings. The van der Waals surface area contributed by atoms with Crippen LogP contribution in [-0.4, -0.2) is 15.0 Å². The molecule has 0 bridgehead atoms. The molecular weight excluding hydrogens is 246 g/mol. The fourth-order valence-corrected chi connectivity index (χ4v) is 2.08. The van der Waals surface area contributed by atoms with E-state index in [1.165, 1.54) is 17.4 Å². The van der Waals surface area contributed by atoms with Crippen LogP contribution in [0.15, 0.2) is 17.5 Å². The van der Waals surface area contributed by atoms with Crippen molar-refractivity contribution in [2.75, 3.05) is 5.73 Å². The van der Waals surface area contributed by atoms with Crippen LogP contribution in [0.5, 0.6) is 0 Å². The Morgan fingerprint density at radius 3 is 2.76 bits per heavy atom. The first-order valence-electron chi connectivity index (χ1n) is 4.70. The number of halogens is 2.